The van der Waals surface area contributed by atoms with Crippen LogP contribution in [0.2, 0.25) is 5.02 Å². The van der Waals surface area contributed by atoms with Crippen molar-refractivity contribution < 1.29 is 18.6 Å². The number of nitrogens with zero attached hydrogens (tertiary/aromatic N) is 2. The first kappa shape index (κ1) is 17.9. The topological polar surface area (TPSA) is 77.2 Å². The summed E-state index contributed by atoms with van der Waals surface area (Å²) >= 11 is 5.88. The van der Waals surface area contributed by atoms with Gasteiger partial charge in [-0.15, -0.1) is 0 Å². The average Bonchev–Trinajstić information content (AvgIpc) is 3.10. The molecule has 0 aliphatic carbocycles. The summed E-state index contributed by atoms with van der Waals surface area (Å²) in [5.41, 5.74) is 1.07. The molecule has 1 heterocycles. The molecule has 0 saturated heterocycles. The molecule has 0 bridgehead atoms. The molecule has 26 heavy (non-hydrogen) atoms. The zero-order valence-corrected chi connectivity index (χ0v) is 14.5. The number of hydrogen-bond donors (Lipinski definition) is 1. The molecule has 0 aliphatic rings. The number of amides is 1. The summed E-state index contributed by atoms with van der Waals surface area (Å²) in [5.74, 6) is -0.220. The number of rotatable bonds is 6. The van der Waals surface area contributed by atoms with Gasteiger partial charge in [0, 0.05) is 10.6 Å². The summed E-state index contributed by atoms with van der Waals surface area (Å²) in [6, 6.07) is 12.3. The number of carbonyl (C=O) groups is 1. The van der Waals surface area contributed by atoms with Crippen molar-refractivity contribution in [3.05, 3.63) is 59.4 Å². The number of ether oxygens (including phenoxy) is 1. The van der Waals surface area contributed by atoms with Gasteiger partial charge in [0.25, 0.3) is 5.91 Å². The summed E-state index contributed by atoms with van der Waals surface area (Å²) in [5, 5.41) is 10.8. The second kappa shape index (κ2) is 7.97. The van der Waals surface area contributed by atoms with Crippen LogP contribution in [0.5, 0.6) is 5.75 Å². The second-order valence-electron chi connectivity index (χ2n) is 5.43. The van der Waals surface area contributed by atoms with Crippen LogP contribution in [0, 0.1) is 5.82 Å². The molecule has 1 N–H and O–H groups in total. The highest BCUT2D eigenvalue weighted by Gasteiger charge is 2.22. The van der Waals surface area contributed by atoms with E-state index >= 15 is 0 Å². The Morgan fingerprint density at radius 2 is 1.88 bits per heavy atom. The molecule has 2 aromatic carbocycles. The van der Waals surface area contributed by atoms with E-state index in [1.807, 2.05) is 0 Å². The number of hydrogen-bond acceptors (Lipinski definition) is 5. The van der Waals surface area contributed by atoms with Gasteiger partial charge in [-0.25, -0.2) is 9.02 Å². The van der Waals surface area contributed by atoms with Gasteiger partial charge in [0.2, 0.25) is 5.82 Å². The van der Waals surface area contributed by atoms with Crippen molar-refractivity contribution in [1.82, 2.24) is 10.3 Å². The van der Waals surface area contributed by atoms with Crippen molar-refractivity contribution in [3.63, 3.8) is 0 Å². The van der Waals surface area contributed by atoms with Gasteiger partial charge < -0.3 is 10.1 Å². The monoisotopic (exact) mass is 375 g/mol. The molecule has 3 rings (SSSR count). The molecule has 6 nitrogen and oxygen atoms in total. The molecule has 0 spiro atoms. The Morgan fingerprint density at radius 1 is 1.19 bits per heavy atom. The van der Waals surface area contributed by atoms with E-state index in [2.05, 4.69) is 15.6 Å². The molecule has 0 fully saturated rings. The van der Waals surface area contributed by atoms with Crippen molar-refractivity contribution in [1.29, 1.82) is 0 Å². The highest BCUT2D eigenvalue weighted by Crippen LogP contribution is 2.26. The molecule has 8 heteroatoms. The van der Waals surface area contributed by atoms with Gasteiger partial charge in [0.15, 0.2) is 11.8 Å². The molecule has 134 valence electrons. The Kier molecular flexibility index (Phi) is 5.48. The number of benzene rings is 2. The largest absolute Gasteiger partial charge is 0.481 e. The van der Waals surface area contributed by atoms with E-state index in [1.54, 1.807) is 31.2 Å². The smallest absolute Gasteiger partial charge is 0.266 e. The maximum atomic E-state index is 13.0. The second-order valence-corrected chi connectivity index (χ2v) is 5.86. The molecular weight excluding hydrogens is 361 g/mol. The Balaban J connectivity index is 1.73. The summed E-state index contributed by atoms with van der Waals surface area (Å²) < 4.78 is 23.3. The standard InChI is InChI=1S/C18H15ClFN3O3/c1-2-15(25-14-9-7-13(20)8-10-14)18(24)21-17-16(22-26-23-17)11-3-5-12(19)6-4-11/h3-10,15H,2H2,1H3,(H,21,23,24). The lowest BCUT2D eigenvalue weighted by Crippen LogP contribution is -2.32. The SMILES string of the molecule is CCC(Oc1ccc(F)cc1)C(=O)Nc1nonc1-c1ccc(Cl)cc1. The van der Waals surface area contributed by atoms with Crippen molar-refractivity contribution >= 4 is 23.3 Å². The number of halogens is 2. The molecular formula is C18H15ClFN3O3. The molecule has 1 unspecified atom stereocenters. The van der Waals surface area contributed by atoms with Crippen LogP contribution in [0.25, 0.3) is 11.3 Å². The fraction of sp³-hybridized carbons (Fsp3) is 0.167. The molecule has 1 amide bonds. The highest BCUT2D eigenvalue weighted by atomic mass is 35.5. The van der Waals surface area contributed by atoms with E-state index < -0.39 is 12.0 Å². The van der Waals surface area contributed by atoms with Crippen molar-refractivity contribution in [3.8, 4) is 17.0 Å². The summed E-state index contributed by atoms with van der Waals surface area (Å²) in [6.45, 7) is 1.80. The lowest BCUT2D eigenvalue weighted by molar-refractivity contribution is -0.122. The number of nitrogens with one attached hydrogen (secondary N) is 1. The van der Waals surface area contributed by atoms with Crippen LogP contribution in [0.15, 0.2) is 53.2 Å². The normalized spacial score (nSPS) is 11.8. The van der Waals surface area contributed by atoms with Crippen LogP contribution in [0.1, 0.15) is 13.3 Å². The lowest BCUT2D eigenvalue weighted by Gasteiger charge is -2.16. The van der Waals surface area contributed by atoms with Crippen LogP contribution < -0.4 is 10.1 Å². The van der Waals surface area contributed by atoms with E-state index in [9.17, 15) is 9.18 Å². The van der Waals surface area contributed by atoms with E-state index in [0.29, 0.717) is 28.5 Å². The van der Waals surface area contributed by atoms with Gasteiger partial charge >= 0.3 is 0 Å². The van der Waals surface area contributed by atoms with Crippen molar-refractivity contribution in [2.75, 3.05) is 5.32 Å². The predicted molar refractivity (Wildman–Crippen MR) is 94.5 cm³/mol. The van der Waals surface area contributed by atoms with E-state index in [0.717, 1.165) is 0 Å². The first-order valence-corrected chi connectivity index (χ1v) is 8.26. The fourth-order valence-electron chi connectivity index (χ4n) is 2.26. The Hall–Kier alpha value is -2.93. The summed E-state index contributed by atoms with van der Waals surface area (Å²) in [6.07, 6.45) is -0.375. The van der Waals surface area contributed by atoms with Crippen LogP contribution >= 0.6 is 11.6 Å². The van der Waals surface area contributed by atoms with Gasteiger partial charge in [0.1, 0.15) is 11.6 Å². The van der Waals surface area contributed by atoms with Crippen molar-refractivity contribution in [2.24, 2.45) is 0 Å². The minimum atomic E-state index is -0.782. The lowest BCUT2D eigenvalue weighted by atomic mass is 10.1. The number of aromatic nitrogens is 2. The third-order valence-corrected chi connectivity index (χ3v) is 3.85. The maximum Gasteiger partial charge on any atom is 0.266 e. The average molecular weight is 376 g/mol. The Bertz CT molecular complexity index is 881. The molecule has 0 saturated carbocycles. The summed E-state index contributed by atoms with van der Waals surface area (Å²) in [7, 11) is 0. The van der Waals surface area contributed by atoms with Crippen molar-refractivity contribution in [2.45, 2.75) is 19.4 Å². The minimum absolute atomic E-state index is 0.179. The predicted octanol–water partition coefficient (Wildman–Crippen LogP) is 4.33. The van der Waals surface area contributed by atoms with E-state index in [-0.39, 0.29) is 11.6 Å². The van der Waals surface area contributed by atoms with Gasteiger partial charge in [0.05, 0.1) is 0 Å². The fourth-order valence-corrected chi connectivity index (χ4v) is 2.39. The molecule has 1 aromatic heterocycles. The van der Waals surface area contributed by atoms with E-state index in [4.69, 9.17) is 21.0 Å². The molecule has 0 radical (unpaired) electrons. The molecule has 0 aliphatic heterocycles. The van der Waals surface area contributed by atoms with Gasteiger partial charge in [-0.05, 0) is 53.1 Å². The van der Waals surface area contributed by atoms with Gasteiger partial charge in [-0.1, -0.05) is 30.7 Å². The molecule has 1 atom stereocenters. The first-order valence-electron chi connectivity index (χ1n) is 7.88. The number of carbonyl (C=O) groups excluding carboxylic acids is 1. The van der Waals surface area contributed by atoms with Crippen LogP contribution in [-0.4, -0.2) is 22.3 Å². The van der Waals surface area contributed by atoms with E-state index in [1.165, 1.54) is 24.3 Å². The zero-order chi connectivity index (χ0) is 18.5. The van der Waals surface area contributed by atoms with Crippen LogP contribution in [0.3, 0.4) is 0 Å². The molecule has 3 aromatic rings. The quantitative estimate of drug-likeness (QED) is 0.694. The first-order chi connectivity index (χ1) is 12.6. The van der Waals surface area contributed by atoms with Crippen LogP contribution in [-0.2, 0) is 4.79 Å². The van der Waals surface area contributed by atoms with Gasteiger partial charge in [-0.2, -0.15) is 0 Å². The zero-order valence-electron chi connectivity index (χ0n) is 13.8. The van der Waals surface area contributed by atoms with Crippen LogP contribution in [0.4, 0.5) is 10.2 Å². The van der Waals surface area contributed by atoms with Gasteiger partial charge in [-0.3, -0.25) is 4.79 Å². The maximum absolute atomic E-state index is 13.0. The Labute approximate surface area is 153 Å². The summed E-state index contributed by atoms with van der Waals surface area (Å²) in [4.78, 5) is 12.5. The third kappa shape index (κ3) is 4.18. The Morgan fingerprint density at radius 3 is 2.54 bits per heavy atom. The third-order valence-electron chi connectivity index (χ3n) is 3.60. The highest BCUT2D eigenvalue weighted by molar-refractivity contribution is 6.30. The number of anilines is 1. The minimum Gasteiger partial charge on any atom is -0.481 e.